The van der Waals surface area contributed by atoms with E-state index in [9.17, 15) is 9.90 Å². The molecule has 2 aromatic carbocycles. The SMILES string of the molecule is CC(CC(O)c1ccccc1)NC(=O)c1ccc(Cl)cc1. The number of carbonyl (C=O) groups excluding carboxylic acids is 1. The molecule has 21 heavy (non-hydrogen) atoms. The number of carbonyl (C=O) groups is 1. The minimum absolute atomic E-state index is 0.136. The highest BCUT2D eigenvalue weighted by molar-refractivity contribution is 6.30. The van der Waals surface area contributed by atoms with Gasteiger partial charge in [0.25, 0.3) is 5.91 Å². The maximum atomic E-state index is 12.0. The molecule has 0 radical (unpaired) electrons. The number of halogens is 1. The standard InChI is InChI=1S/C17H18ClNO2/c1-12(11-16(20)13-5-3-2-4-6-13)19-17(21)14-7-9-15(18)10-8-14/h2-10,12,16,20H,11H2,1H3,(H,19,21). The average Bonchev–Trinajstić information content (AvgIpc) is 2.48. The van der Waals surface area contributed by atoms with Crippen LogP contribution in [-0.4, -0.2) is 17.1 Å². The van der Waals surface area contributed by atoms with Crippen LogP contribution in [0.5, 0.6) is 0 Å². The van der Waals surface area contributed by atoms with Crippen molar-refractivity contribution in [3.8, 4) is 0 Å². The Balaban J connectivity index is 1.91. The molecule has 0 aromatic heterocycles. The van der Waals surface area contributed by atoms with Crippen LogP contribution in [0.15, 0.2) is 54.6 Å². The van der Waals surface area contributed by atoms with Gasteiger partial charge in [-0.1, -0.05) is 41.9 Å². The van der Waals surface area contributed by atoms with E-state index in [1.165, 1.54) is 0 Å². The predicted molar refractivity (Wildman–Crippen MR) is 84.4 cm³/mol. The quantitative estimate of drug-likeness (QED) is 0.887. The van der Waals surface area contributed by atoms with E-state index in [1.807, 2.05) is 37.3 Å². The van der Waals surface area contributed by atoms with Crippen molar-refractivity contribution in [3.05, 3.63) is 70.7 Å². The summed E-state index contributed by atoms with van der Waals surface area (Å²) in [5.41, 5.74) is 1.41. The number of amides is 1. The van der Waals surface area contributed by atoms with E-state index in [4.69, 9.17) is 11.6 Å². The molecule has 0 saturated carbocycles. The summed E-state index contributed by atoms with van der Waals surface area (Å²) >= 11 is 5.79. The smallest absolute Gasteiger partial charge is 0.251 e. The van der Waals surface area contributed by atoms with Crippen LogP contribution in [0, 0.1) is 0 Å². The third-order valence-corrected chi connectivity index (χ3v) is 3.50. The summed E-state index contributed by atoms with van der Waals surface area (Å²) in [5.74, 6) is -0.167. The number of nitrogens with one attached hydrogen (secondary N) is 1. The van der Waals surface area contributed by atoms with Gasteiger partial charge in [-0.3, -0.25) is 4.79 Å². The summed E-state index contributed by atoms with van der Waals surface area (Å²) in [6, 6.07) is 16.0. The molecule has 0 aliphatic rings. The molecule has 0 fully saturated rings. The van der Waals surface area contributed by atoms with Gasteiger partial charge in [-0.15, -0.1) is 0 Å². The first-order valence-electron chi connectivity index (χ1n) is 6.85. The first-order chi connectivity index (χ1) is 10.1. The highest BCUT2D eigenvalue weighted by Gasteiger charge is 2.15. The number of hydrogen-bond acceptors (Lipinski definition) is 2. The number of rotatable bonds is 5. The largest absolute Gasteiger partial charge is 0.388 e. The molecule has 0 aliphatic carbocycles. The fraction of sp³-hybridized carbons (Fsp3) is 0.235. The lowest BCUT2D eigenvalue weighted by molar-refractivity contribution is 0.0917. The van der Waals surface area contributed by atoms with Crippen LogP contribution < -0.4 is 5.32 Å². The van der Waals surface area contributed by atoms with Crippen molar-refractivity contribution in [2.45, 2.75) is 25.5 Å². The van der Waals surface area contributed by atoms with Crippen LogP contribution >= 0.6 is 11.6 Å². The molecule has 0 saturated heterocycles. The van der Waals surface area contributed by atoms with Gasteiger partial charge in [0.2, 0.25) is 0 Å². The Kier molecular flexibility index (Phi) is 5.37. The maximum absolute atomic E-state index is 12.0. The van der Waals surface area contributed by atoms with Crippen LogP contribution in [0.2, 0.25) is 5.02 Å². The second-order valence-electron chi connectivity index (χ2n) is 5.04. The third-order valence-electron chi connectivity index (χ3n) is 3.25. The molecule has 0 aliphatic heterocycles. The van der Waals surface area contributed by atoms with Gasteiger partial charge in [-0.2, -0.15) is 0 Å². The van der Waals surface area contributed by atoms with Gasteiger partial charge in [0.15, 0.2) is 0 Å². The Hall–Kier alpha value is -1.84. The monoisotopic (exact) mass is 303 g/mol. The summed E-state index contributed by atoms with van der Waals surface area (Å²) in [5, 5.41) is 13.6. The van der Waals surface area contributed by atoms with E-state index in [0.29, 0.717) is 17.0 Å². The van der Waals surface area contributed by atoms with Gasteiger partial charge in [0, 0.05) is 16.6 Å². The van der Waals surface area contributed by atoms with Gasteiger partial charge >= 0.3 is 0 Å². The van der Waals surface area contributed by atoms with E-state index < -0.39 is 6.10 Å². The topological polar surface area (TPSA) is 49.3 Å². The molecule has 2 unspecified atom stereocenters. The second-order valence-corrected chi connectivity index (χ2v) is 5.48. The van der Waals surface area contributed by atoms with Crippen molar-refractivity contribution in [1.29, 1.82) is 0 Å². The van der Waals surface area contributed by atoms with E-state index in [2.05, 4.69) is 5.32 Å². The Morgan fingerprint density at radius 2 is 1.76 bits per heavy atom. The van der Waals surface area contributed by atoms with Crippen molar-refractivity contribution >= 4 is 17.5 Å². The van der Waals surface area contributed by atoms with Crippen molar-refractivity contribution in [2.75, 3.05) is 0 Å². The lowest BCUT2D eigenvalue weighted by atomic mass is 10.0. The van der Waals surface area contributed by atoms with Crippen molar-refractivity contribution < 1.29 is 9.90 Å². The summed E-state index contributed by atoms with van der Waals surface area (Å²) < 4.78 is 0. The Labute approximate surface area is 129 Å². The molecule has 1 amide bonds. The fourth-order valence-corrected chi connectivity index (χ4v) is 2.24. The van der Waals surface area contributed by atoms with Crippen LogP contribution in [0.25, 0.3) is 0 Å². The van der Waals surface area contributed by atoms with Gasteiger partial charge < -0.3 is 10.4 Å². The molecule has 2 rings (SSSR count). The van der Waals surface area contributed by atoms with Gasteiger partial charge in [0.05, 0.1) is 6.10 Å². The lowest BCUT2D eigenvalue weighted by Crippen LogP contribution is -2.33. The van der Waals surface area contributed by atoms with Crippen molar-refractivity contribution in [3.63, 3.8) is 0 Å². The normalized spacial score (nSPS) is 13.5. The van der Waals surface area contributed by atoms with E-state index in [0.717, 1.165) is 5.56 Å². The Bertz CT molecular complexity index is 583. The molecule has 2 aromatic rings. The molecule has 4 heteroatoms. The molecular formula is C17H18ClNO2. The number of aliphatic hydroxyl groups is 1. The zero-order valence-electron chi connectivity index (χ0n) is 11.8. The number of hydrogen-bond donors (Lipinski definition) is 2. The van der Waals surface area contributed by atoms with Crippen LogP contribution in [0.4, 0.5) is 0 Å². The average molecular weight is 304 g/mol. The Morgan fingerprint density at radius 1 is 1.14 bits per heavy atom. The molecule has 3 nitrogen and oxygen atoms in total. The Morgan fingerprint density at radius 3 is 2.38 bits per heavy atom. The second kappa shape index (κ2) is 7.25. The molecule has 110 valence electrons. The first-order valence-corrected chi connectivity index (χ1v) is 7.23. The fourth-order valence-electron chi connectivity index (χ4n) is 2.11. The van der Waals surface area contributed by atoms with E-state index >= 15 is 0 Å². The third kappa shape index (κ3) is 4.59. The van der Waals surface area contributed by atoms with Gasteiger partial charge in [-0.05, 0) is 43.2 Å². The number of aliphatic hydroxyl groups excluding tert-OH is 1. The molecular weight excluding hydrogens is 286 g/mol. The number of benzene rings is 2. The zero-order valence-corrected chi connectivity index (χ0v) is 12.5. The predicted octanol–water partition coefficient (Wildman–Crippen LogP) is 3.58. The van der Waals surface area contributed by atoms with Gasteiger partial charge in [-0.25, -0.2) is 0 Å². The molecule has 0 bridgehead atoms. The van der Waals surface area contributed by atoms with Gasteiger partial charge in [0.1, 0.15) is 0 Å². The highest BCUT2D eigenvalue weighted by atomic mass is 35.5. The van der Waals surface area contributed by atoms with E-state index in [-0.39, 0.29) is 11.9 Å². The van der Waals surface area contributed by atoms with Crippen molar-refractivity contribution in [1.82, 2.24) is 5.32 Å². The minimum Gasteiger partial charge on any atom is -0.388 e. The highest BCUT2D eigenvalue weighted by Crippen LogP contribution is 2.18. The zero-order chi connectivity index (χ0) is 15.2. The maximum Gasteiger partial charge on any atom is 0.251 e. The molecule has 0 heterocycles. The van der Waals surface area contributed by atoms with E-state index in [1.54, 1.807) is 24.3 Å². The van der Waals surface area contributed by atoms with Crippen LogP contribution in [-0.2, 0) is 0 Å². The van der Waals surface area contributed by atoms with Crippen molar-refractivity contribution in [2.24, 2.45) is 0 Å². The summed E-state index contributed by atoms with van der Waals surface area (Å²) in [4.78, 5) is 12.0. The van der Waals surface area contributed by atoms with Crippen LogP contribution in [0.1, 0.15) is 35.4 Å². The summed E-state index contributed by atoms with van der Waals surface area (Å²) in [6.07, 6.45) is -0.129. The lowest BCUT2D eigenvalue weighted by Gasteiger charge is -2.18. The van der Waals surface area contributed by atoms with Crippen LogP contribution in [0.3, 0.4) is 0 Å². The minimum atomic E-state index is -0.591. The first kappa shape index (κ1) is 15.5. The summed E-state index contributed by atoms with van der Waals surface area (Å²) in [6.45, 7) is 1.87. The molecule has 2 N–H and O–H groups in total. The molecule has 0 spiro atoms. The summed E-state index contributed by atoms with van der Waals surface area (Å²) in [7, 11) is 0. The molecule has 2 atom stereocenters.